The number of rotatable bonds is 12. The van der Waals surface area contributed by atoms with Gasteiger partial charge < -0.3 is 4.52 Å². The van der Waals surface area contributed by atoms with Gasteiger partial charge in [0, 0.05) is 12.0 Å². The predicted molar refractivity (Wildman–Crippen MR) is 138 cm³/mol. The Morgan fingerprint density at radius 3 is 2.29 bits per heavy atom. The zero-order valence-electron chi connectivity index (χ0n) is 20.0. The third-order valence-electron chi connectivity index (χ3n) is 6.26. The highest BCUT2D eigenvalue weighted by Crippen LogP contribution is 2.25. The zero-order chi connectivity index (χ0) is 23.6. The van der Waals surface area contributed by atoms with Gasteiger partial charge in [-0.1, -0.05) is 111 Å². The monoisotopic (exact) mass is 452 g/mol. The van der Waals surface area contributed by atoms with Crippen molar-refractivity contribution in [2.24, 2.45) is 0 Å². The number of nitrogens with one attached hydrogen (secondary N) is 1. The summed E-state index contributed by atoms with van der Waals surface area (Å²) < 4.78 is 5.49. The Balaban J connectivity index is 1.33. The van der Waals surface area contributed by atoms with E-state index in [1.807, 2.05) is 30.3 Å². The first-order valence-corrected chi connectivity index (χ1v) is 12.5. The Labute approximate surface area is 203 Å². The molecule has 1 radical (unpaired) electrons. The van der Waals surface area contributed by atoms with Gasteiger partial charge in [0.05, 0.1) is 6.04 Å². The molecule has 1 atom stereocenters. The second-order valence-electron chi connectivity index (χ2n) is 8.98. The summed E-state index contributed by atoms with van der Waals surface area (Å²) in [5.41, 5.74) is 14.1. The Morgan fingerprint density at radius 2 is 1.50 bits per heavy atom. The van der Waals surface area contributed by atoms with Crippen molar-refractivity contribution in [2.75, 3.05) is 0 Å². The summed E-state index contributed by atoms with van der Waals surface area (Å²) in [5, 5.41) is 4.15. The molecule has 0 amide bonds. The molecule has 1 aromatic heterocycles. The van der Waals surface area contributed by atoms with Crippen molar-refractivity contribution in [1.82, 2.24) is 15.9 Å². The van der Waals surface area contributed by atoms with Gasteiger partial charge in [-0.2, -0.15) is 4.98 Å². The van der Waals surface area contributed by atoms with Crippen LogP contribution in [0, 0.1) is 0 Å². The van der Waals surface area contributed by atoms with Crippen LogP contribution < -0.4 is 5.73 Å². The molecule has 0 saturated heterocycles. The number of hydrogen-bond acceptors (Lipinski definition) is 3. The highest BCUT2D eigenvalue weighted by molar-refractivity contribution is 5.64. The molecule has 34 heavy (non-hydrogen) atoms. The first-order valence-electron chi connectivity index (χ1n) is 12.5. The van der Waals surface area contributed by atoms with Crippen molar-refractivity contribution in [1.29, 1.82) is 0 Å². The maximum atomic E-state index is 8.69. The van der Waals surface area contributed by atoms with Gasteiger partial charge in [-0.05, 0) is 47.2 Å². The topological polar surface area (TPSA) is 62.7 Å². The number of hydrogen-bond donors (Lipinski definition) is 0. The average Bonchev–Trinajstić information content (AvgIpc) is 3.36. The van der Waals surface area contributed by atoms with Crippen molar-refractivity contribution < 1.29 is 4.52 Å². The lowest BCUT2D eigenvalue weighted by Gasteiger charge is -2.12. The fraction of sp³-hybridized carbons (Fsp3) is 0.333. The second-order valence-corrected chi connectivity index (χ2v) is 8.98. The number of unbranched alkanes of at least 4 members (excludes halogenated alkanes) is 5. The minimum Gasteiger partial charge on any atom is -0.334 e. The van der Waals surface area contributed by atoms with E-state index >= 15 is 0 Å². The van der Waals surface area contributed by atoms with Gasteiger partial charge in [0.15, 0.2) is 5.82 Å². The molecule has 1 unspecified atom stereocenters. The summed E-state index contributed by atoms with van der Waals surface area (Å²) in [5.74, 6) is 1.34. The van der Waals surface area contributed by atoms with Crippen LogP contribution in [0.5, 0.6) is 0 Å². The van der Waals surface area contributed by atoms with Crippen LogP contribution >= 0.6 is 0 Å². The van der Waals surface area contributed by atoms with Crippen molar-refractivity contribution in [2.45, 2.75) is 64.3 Å². The van der Waals surface area contributed by atoms with Crippen molar-refractivity contribution >= 4 is 0 Å². The molecule has 3 aromatic carbocycles. The van der Waals surface area contributed by atoms with E-state index in [1.54, 1.807) is 0 Å². The maximum Gasteiger partial charge on any atom is 0.257 e. The van der Waals surface area contributed by atoms with E-state index in [-0.39, 0.29) is 6.04 Å². The van der Waals surface area contributed by atoms with Crippen LogP contribution in [-0.4, -0.2) is 10.1 Å². The van der Waals surface area contributed by atoms with E-state index in [2.05, 4.69) is 65.6 Å². The molecule has 1 N–H and O–H groups in total. The van der Waals surface area contributed by atoms with Crippen LogP contribution in [0.1, 0.15) is 68.4 Å². The third-order valence-corrected chi connectivity index (χ3v) is 6.26. The first kappa shape index (κ1) is 23.9. The minimum absolute atomic E-state index is 0.328. The van der Waals surface area contributed by atoms with Gasteiger partial charge in [-0.3, -0.25) is 0 Å². The highest BCUT2D eigenvalue weighted by atomic mass is 16.5. The number of nitrogens with zero attached hydrogens (tertiary/aromatic N) is 2. The molecule has 0 saturated carbocycles. The fourth-order valence-corrected chi connectivity index (χ4v) is 4.26. The van der Waals surface area contributed by atoms with E-state index in [9.17, 15) is 0 Å². The minimum atomic E-state index is -0.328. The fourth-order valence-electron chi connectivity index (χ4n) is 4.26. The molecule has 4 aromatic rings. The van der Waals surface area contributed by atoms with Gasteiger partial charge in [0.2, 0.25) is 0 Å². The molecule has 0 bridgehead atoms. The predicted octanol–water partition coefficient (Wildman–Crippen LogP) is 7.87. The Hall–Kier alpha value is -3.24. The maximum absolute atomic E-state index is 8.69. The third kappa shape index (κ3) is 6.64. The lowest BCUT2D eigenvalue weighted by molar-refractivity contribution is 0.421. The largest absolute Gasteiger partial charge is 0.334 e. The summed E-state index contributed by atoms with van der Waals surface area (Å²) in [6, 6.07) is 26.5. The average molecular weight is 453 g/mol. The Kier molecular flexibility index (Phi) is 8.64. The number of aryl methyl sites for hydroxylation is 1. The van der Waals surface area contributed by atoms with Gasteiger partial charge in [-0.25, -0.2) is 5.73 Å². The summed E-state index contributed by atoms with van der Waals surface area (Å²) in [4.78, 5) is 4.57. The summed E-state index contributed by atoms with van der Waals surface area (Å²) in [6.45, 7) is 2.24. The summed E-state index contributed by atoms with van der Waals surface area (Å²) in [7, 11) is 0. The smallest absolute Gasteiger partial charge is 0.257 e. The highest BCUT2D eigenvalue weighted by Gasteiger charge is 2.12. The SMILES string of the molecule is CCCCCCCCc1noc(-c2ccc(C([NH])Cc3cccc(-c4ccccc4)c3)cc2)n1. The molecule has 4 heteroatoms. The summed E-state index contributed by atoms with van der Waals surface area (Å²) in [6.07, 6.45) is 9.05. The molecule has 1 heterocycles. The standard InChI is InChI=1S/C30H34N3O/c1-2-3-4-5-6-10-16-29-32-30(34-33-29)26-19-17-25(18-20-26)28(31)22-23-12-11-15-27(21-23)24-13-8-7-9-14-24/h7-9,11-15,17-21,28,31H,2-6,10,16,22H2,1H3. The molecule has 175 valence electrons. The number of benzene rings is 3. The van der Waals surface area contributed by atoms with Gasteiger partial charge in [0.1, 0.15) is 0 Å². The molecule has 0 aliphatic heterocycles. The van der Waals surface area contributed by atoms with E-state index in [0.29, 0.717) is 12.3 Å². The quantitative estimate of drug-likeness (QED) is 0.205. The number of aromatic nitrogens is 2. The van der Waals surface area contributed by atoms with Gasteiger partial charge in [-0.15, -0.1) is 0 Å². The van der Waals surface area contributed by atoms with Crippen LogP contribution in [0.4, 0.5) is 0 Å². The van der Waals surface area contributed by atoms with E-state index in [4.69, 9.17) is 10.3 Å². The van der Waals surface area contributed by atoms with E-state index < -0.39 is 0 Å². The molecule has 0 aliphatic carbocycles. The normalized spacial score (nSPS) is 12.1. The van der Waals surface area contributed by atoms with Crippen LogP contribution in [0.3, 0.4) is 0 Å². The Morgan fingerprint density at radius 1 is 0.765 bits per heavy atom. The van der Waals surface area contributed by atoms with Crippen molar-refractivity contribution in [3.05, 3.63) is 95.8 Å². The molecule has 0 fully saturated rings. The molecular formula is C30H34N3O. The lowest BCUT2D eigenvalue weighted by atomic mass is 9.96. The van der Waals surface area contributed by atoms with Gasteiger partial charge in [0.25, 0.3) is 5.89 Å². The lowest BCUT2D eigenvalue weighted by Crippen LogP contribution is -2.04. The van der Waals surface area contributed by atoms with E-state index in [1.165, 1.54) is 48.8 Å². The van der Waals surface area contributed by atoms with Gasteiger partial charge >= 0.3 is 0 Å². The summed E-state index contributed by atoms with van der Waals surface area (Å²) >= 11 is 0. The van der Waals surface area contributed by atoms with Crippen LogP contribution in [0.25, 0.3) is 22.6 Å². The van der Waals surface area contributed by atoms with Crippen LogP contribution in [0.15, 0.2) is 83.4 Å². The second kappa shape index (κ2) is 12.3. The molecule has 4 nitrogen and oxygen atoms in total. The molecule has 4 rings (SSSR count). The van der Waals surface area contributed by atoms with Crippen LogP contribution in [0.2, 0.25) is 0 Å². The van der Waals surface area contributed by atoms with E-state index in [0.717, 1.165) is 29.8 Å². The Bertz CT molecular complexity index is 1140. The zero-order valence-corrected chi connectivity index (χ0v) is 20.0. The van der Waals surface area contributed by atoms with Crippen molar-refractivity contribution in [3.8, 4) is 22.6 Å². The molecule has 0 spiro atoms. The molecule has 0 aliphatic rings. The molecular weight excluding hydrogens is 418 g/mol. The van der Waals surface area contributed by atoms with Crippen LogP contribution in [-0.2, 0) is 12.8 Å². The van der Waals surface area contributed by atoms with Crippen molar-refractivity contribution in [3.63, 3.8) is 0 Å². The first-order chi connectivity index (χ1) is 16.7.